The fourth-order valence-corrected chi connectivity index (χ4v) is 2.66. The summed E-state index contributed by atoms with van der Waals surface area (Å²) in [6.07, 6.45) is 0. The van der Waals surface area contributed by atoms with Crippen molar-refractivity contribution in [1.29, 1.82) is 0 Å². The van der Waals surface area contributed by atoms with Crippen LogP contribution in [0.5, 0.6) is 0 Å². The highest BCUT2D eigenvalue weighted by atomic mass is 19.5. The van der Waals surface area contributed by atoms with Gasteiger partial charge in [-0.05, 0) is 110 Å². The molecule has 0 radical (unpaired) electrons. The number of halogens is 4. The first-order valence-electron chi connectivity index (χ1n) is 8.59. The Morgan fingerprint density at radius 3 is 0.852 bits per heavy atom. The van der Waals surface area contributed by atoms with Crippen molar-refractivity contribution in [3.8, 4) is 0 Å². The molecule has 0 nitrogen and oxygen atoms in total. The van der Waals surface area contributed by atoms with Crippen molar-refractivity contribution in [3.63, 3.8) is 0 Å². The minimum Gasteiger partial charge on any atom is -0.418 e. The zero-order valence-corrected chi connectivity index (χ0v) is 15.5. The number of hydrogen-bond acceptors (Lipinski definition) is 0. The normalized spacial score (nSPS) is 10.8. The van der Waals surface area contributed by atoms with E-state index in [4.69, 9.17) is 0 Å². The Morgan fingerprint density at radius 2 is 0.667 bits per heavy atom. The average molecular weight is 372 g/mol. The molecule has 0 spiro atoms. The van der Waals surface area contributed by atoms with E-state index >= 15 is 0 Å². The van der Waals surface area contributed by atoms with Crippen molar-refractivity contribution in [1.82, 2.24) is 0 Å². The molecule has 0 N–H and O–H groups in total. The van der Waals surface area contributed by atoms with Gasteiger partial charge in [0.05, 0.1) is 22.6 Å². The van der Waals surface area contributed by atoms with Crippen LogP contribution in [0.25, 0.3) is 0 Å². The van der Waals surface area contributed by atoms with Gasteiger partial charge in [-0.3, -0.25) is 0 Å². The minimum absolute atomic E-state index is 1.26. The molecule has 3 rings (SSSR count). The van der Waals surface area contributed by atoms with Gasteiger partial charge in [-0.25, -0.2) is 0 Å². The van der Waals surface area contributed by atoms with Gasteiger partial charge in [0, 0.05) is 0 Å². The summed E-state index contributed by atoms with van der Waals surface area (Å²) in [7, 11) is -6.00. The number of aryl methyl sites for hydroxylation is 3. The number of benzene rings is 3. The topological polar surface area (TPSA) is 0 Å². The van der Waals surface area contributed by atoms with E-state index in [1.54, 1.807) is 0 Å². The zero-order chi connectivity index (χ0) is 20.0. The zero-order valence-electron chi connectivity index (χ0n) is 15.5. The lowest BCUT2D eigenvalue weighted by atomic mass is 9.84. The quantitative estimate of drug-likeness (QED) is 0.202. The lowest BCUT2D eigenvalue weighted by molar-refractivity contribution is 0.368. The van der Waals surface area contributed by atoms with Crippen LogP contribution in [0.15, 0.2) is 72.8 Å². The van der Waals surface area contributed by atoms with Gasteiger partial charge in [-0.1, -0.05) is 0 Å². The summed E-state index contributed by atoms with van der Waals surface area (Å²) in [4.78, 5) is 0. The van der Waals surface area contributed by atoms with E-state index in [1.165, 1.54) is 39.3 Å². The predicted molar refractivity (Wildman–Crippen MR) is 104 cm³/mol. The molecule has 27 heavy (non-hydrogen) atoms. The second kappa shape index (κ2) is 8.80. The van der Waals surface area contributed by atoms with E-state index in [9.17, 15) is 17.3 Å². The van der Waals surface area contributed by atoms with Gasteiger partial charge in [0.15, 0.2) is 0 Å². The summed E-state index contributed by atoms with van der Waals surface area (Å²) >= 11 is 0. The van der Waals surface area contributed by atoms with Gasteiger partial charge >= 0.3 is 7.25 Å². The third-order valence-electron chi connectivity index (χ3n) is 4.02. The SMILES string of the molecule is Cc1ccc([C+](c2ccc(C)cc2)c2ccc(C)cc2)cc1.F[B-](F)(F)F. The van der Waals surface area contributed by atoms with Crippen LogP contribution in [0.3, 0.4) is 0 Å². The van der Waals surface area contributed by atoms with E-state index < -0.39 is 7.25 Å². The highest BCUT2D eigenvalue weighted by Gasteiger charge is 2.22. The number of hydrogen-bond donors (Lipinski definition) is 0. The standard InChI is InChI=1S/C22H21.BF4/c1-16-4-10-19(11-5-16)22(20-12-6-17(2)7-13-20)21-14-8-18(3)9-15-21;2-1(3,4)5/h4-15H,1-3H3;/q+1;-1. The maximum absolute atomic E-state index is 9.75. The summed E-state index contributed by atoms with van der Waals surface area (Å²) in [5, 5.41) is 0. The third-order valence-corrected chi connectivity index (χ3v) is 4.02. The van der Waals surface area contributed by atoms with Crippen LogP contribution in [0, 0.1) is 26.7 Å². The van der Waals surface area contributed by atoms with Gasteiger partial charge in [-0.2, -0.15) is 0 Å². The Balaban J connectivity index is 0.000000465. The monoisotopic (exact) mass is 372 g/mol. The third kappa shape index (κ3) is 6.85. The van der Waals surface area contributed by atoms with E-state index in [1.807, 2.05) is 0 Å². The molecule has 0 aromatic heterocycles. The molecular weight excluding hydrogens is 351 g/mol. The highest BCUT2D eigenvalue weighted by molar-refractivity contribution is 6.50. The van der Waals surface area contributed by atoms with E-state index in [0.717, 1.165) is 0 Å². The van der Waals surface area contributed by atoms with E-state index in [0.29, 0.717) is 0 Å². The minimum atomic E-state index is -6.00. The molecule has 0 saturated heterocycles. The molecule has 3 aromatic carbocycles. The van der Waals surface area contributed by atoms with Crippen molar-refractivity contribution in [3.05, 3.63) is 112 Å². The van der Waals surface area contributed by atoms with Gasteiger partial charge in [-0.15, -0.1) is 0 Å². The van der Waals surface area contributed by atoms with Crippen LogP contribution in [0.1, 0.15) is 33.4 Å². The van der Waals surface area contributed by atoms with Crippen molar-refractivity contribution in [2.45, 2.75) is 20.8 Å². The average Bonchev–Trinajstić information content (AvgIpc) is 2.59. The molecule has 0 amide bonds. The fourth-order valence-electron chi connectivity index (χ4n) is 2.66. The van der Waals surface area contributed by atoms with Gasteiger partial charge in [0.1, 0.15) is 0 Å². The van der Waals surface area contributed by atoms with Crippen LogP contribution in [-0.2, 0) is 0 Å². The molecular formula is C22H21BF4. The molecule has 0 aliphatic heterocycles. The molecule has 0 unspecified atom stereocenters. The summed E-state index contributed by atoms with van der Waals surface area (Å²) in [5.74, 6) is 1.29. The molecule has 0 saturated carbocycles. The first kappa shape index (κ1) is 20.6. The molecule has 0 aliphatic rings. The maximum atomic E-state index is 9.75. The van der Waals surface area contributed by atoms with Crippen molar-refractivity contribution >= 4 is 7.25 Å². The molecule has 5 heteroatoms. The Morgan fingerprint density at radius 1 is 0.481 bits per heavy atom. The Hall–Kier alpha value is -2.69. The van der Waals surface area contributed by atoms with Gasteiger partial charge < -0.3 is 17.3 Å². The van der Waals surface area contributed by atoms with Crippen LogP contribution >= 0.6 is 0 Å². The lowest BCUT2D eigenvalue weighted by Gasteiger charge is -2.14. The highest BCUT2D eigenvalue weighted by Crippen LogP contribution is 2.31. The van der Waals surface area contributed by atoms with Crippen LogP contribution < -0.4 is 0 Å². The lowest BCUT2D eigenvalue weighted by Crippen LogP contribution is -2.04. The Kier molecular flexibility index (Phi) is 6.72. The summed E-state index contributed by atoms with van der Waals surface area (Å²) < 4.78 is 39.0. The van der Waals surface area contributed by atoms with Crippen LogP contribution in [0.2, 0.25) is 0 Å². The van der Waals surface area contributed by atoms with Crippen LogP contribution in [-0.4, -0.2) is 7.25 Å². The predicted octanol–water partition coefficient (Wildman–Crippen LogP) is 6.93. The summed E-state index contributed by atoms with van der Waals surface area (Å²) in [6, 6.07) is 26.3. The fraction of sp³-hybridized carbons (Fsp3) is 0.136. The van der Waals surface area contributed by atoms with Crippen LogP contribution in [0.4, 0.5) is 17.3 Å². The van der Waals surface area contributed by atoms with Crippen molar-refractivity contribution in [2.24, 2.45) is 0 Å². The molecule has 0 heterocycles. The maximum Gasteiger partial charge on any atom is 0.673 e. The molecule has 3 aromatic rings. The first-order chi connectivity index (χ1) is 12.6. The second-order valence-corrected chi connectivity index (χ2v) is 6.47. The molecule has 0 atom stereocenters. The van der Waals surface area contributed by atoms with Crippen molar-refractivity contribution < 1.29 is 17.3 Å². The largest absolute Gasteiger partial charge is 0.673 e. The first-order valence-corrected chi connectivity index (χ1v) is 8.59. The Labute approximate surface area is 158 Å². The molecule has 0 bridgehead atoms. The Bertz CT molecular complexity index is 721. The molecule has 0 fully saturated rings. The number of rotatable bonds is 3. The smallest absolute Gasteiger partial charge is 0.418 e. The summed E-state index contributed by atoms with van der Waals surface area (Å²) in [6.45, 7) is 6.38. The summed E-state index contributed by atoms with van der Waals surface area (Å²) in [5.41, 5.74) is 7.65. The van der Waals surface area contributed by atoms with Gasteiger partial charge in [0.2, 0.25) is 0 Å². The van der Waals surface area contributed by atoms with Gasteiger partial charge in [0.25, 0.3) is 0 Å². The molecule has 140 valence electrons. The van der Waals surface area contributed by atoms with E-state index in [2.05, 4.69) is 93.6 Å². The molecule has 0 aliphatic carbocycles. The van der Waals surface area contributed by atoms with E-state index in [-0.39, 0.29) is 0 Å². The second-order valence-electron chi connectivity index (χ2n) is 6.47. The van der Waals surface area contributed by atoms with Crippen molar-refractivity contribution in [2.75, 3.05) is 0 Å².